The smallest absolute Gasteiger partial charge is 0.164 e. The third kappa shape index (κ3) is 4.86. The van der Waals surface area contributed by atoms with Crippen LogP contribution in [0.2, 0.25) is 0 Å². The topological polar surface area (TPSA) is 38.7 Å². The van der Waals surface area contributed by atoms with Crippen molar-refractivity contribution >= 4 is 0 Å². The number of nitrogens with zero attached hydrogens (tertiary/aromatic N) is 3. The Morgan fingerprint density at radius 2 is 0.771 bits per heavy atom. The van der Waals surface area contributed by atoms with Crippen LogP contribution in [0.5, 0.6) is 0 Å². The van der Waals surface area contributed by atoms with Crippen molar-refractivity contribution in [1.29, 1.82) is 0 Å². The van der Waals surface area contributed by atoms with Crippen LogP contribution in [0.25, 0.3) is 67.5 Å². The molecule has 3 heteroatoms. The maximum Gasteiger partial charge on any atom is 0.164 e. The van der Waals surface area contributed by atoms with Gasteiger partial charge in [0.2, 0.25) is 0 Å². The van der Waals surface area contributed by atoms with Gasteiger partial charge in [-0.15, -0.1) is 0 Å². The molecule has 1 fully saturated rings. The summed E-state index contributed by atoms with van der Waals surface area (Å²) in [5, 5.41) is 0. The maximum absolute atomic E-state index is 5.03. The van der Waals surface area contributed by atoms with Gasteiger partial charge in [-0.05, 0) is 57.3 Å². The van der Waals surface area contributed by atoms with Gasteiger partial charge in [-0.2, -0.15) is 0 Å². The van der Waals surface area contributed by atoms with E-state index >= 15 is 0 Å². The second-order valence-corrected chi connectivity index (χ2v) is 13.1. The molecular weight excluding hydrogens is 583 g/mol. The van der Waals surface area contributed by atoms with Crippen molar-refractivity contribution in [2.24, 2.45) is 0 Å². The van der Waals surface area contributed by atoms with Gasteiger partial charge in [-0.1, -0.05) is 171 Å². The first-order valence-corrected chi connectivity index (χ1v) is 17.1. The summed E-state index contributed by atoms with van der Waals surface area (Å²) in [6.07, 6.45) is 6.40. The minimum atomic E-state index is 0.147. The third-order valence-electron chi connectivity index (χ3n) is 10.4. The highest BCUT2D eigenvalue weighted by molar-refractivity contribution is 5.93. The molecule has 48 heavy (non-hydrogen) atoms. The molecule has 0 bridgehead atoms. The molecule has 3 nitrogen and oxygen atoms in total. The van der Waals surface area contributed by atoms with Crippen molar-refractivity contribution in [3.05, 3.63) is 163 Å². The monoisotopic (exact) mass is 617 g/mol. The van der Waals surface area contributed by atoms with Crippen LogP contribution in [-0.4, -0.2) is 15.0 Å². The predicted octanol–water partition coefficient (Wildman–Crippen LogP) is 11.4. The van der Waals surface area contributed by atoms with Crippen molar-refractivity contribution in [1.82, 2.24) is 15.0 Å². The van der Waals surface area contributed by atoms with E-state index in [4.69, 9.17) is 15.0 Å². The zero-order chi connectivity index (χ0) is 31.9. The highest BCUT2D eigenvalue weighted by Gasteiger charge is 2.44. The molecule has 1 heterocycles. The molecule has 0 atom stereocenters. The normalized spacial score (nSPS) is 14.4. The molecule has 230 valence electrons. The molecule has 2 aliphatic carbocycles. The molecule has 0 amide bonds. The summed E-state index contributed by atoms with van der Waals surface area (Å²) in [6.45, 7) is 0. The van der Waals surface area contributed by atoms with Crippen molar-refractivity contribution < 1.29 is 0 Å². The van der Waals surface area contributed by atoms with Gasteiger partial charge in [-0.25, -0.2) is 15.0 Å². The summed E-state index contributed by atoms with van der Waals surface area (Å²) >= 11 is 0. The average Bonchev–Trinajstić information content (AvgIpc) is 3.44. The zero-order valence-electron chi connectivity index (χ0n) is 26.8. The molecule has 6 aromatic carbocycles. The lowest BCUT2D eigenvalue weighted by Gasteiger charge is -2.36. The fraction of sp³-hybridized carbons (Fsp3) is 0.133. The number of benzene rings is 6. The molecule has 0 aliphatic heterocycles. The Morgan fingerprint density at radius 3 is 1.40 bits per heavy atom. The first-order chi connectivity index (χ1) is 23.8. The van der Waals surface area contributed by atoms with E-state index in [0.29, 0.717) is 17.5 Å². The Morgan fingerprint density at radius 1 is 0.333 bits per heavy atom. The second-order valence-electron chi connectivity index (χ2n) is 13.1. The van der Waals surface area contributed by atoms with Crippen LogP contribution in [0.15, 0.2) is 152 Å². The van der Waals surface area contributed by atoms with Gasteiger partial charge in [0.1, 0.15) is 0 Å². The number of hydrogen-bond donors (Lipinski definition) is 0. The standard InChI is InChI=1S/C45H35N3/c1-4-13-31(14-5-1)32-21-25-35(26-22-32)43-46-42(34-15-6-2-7-16-34)47-44(48-43)36-27-23-33(24-28-36)37-18-12-20-40-41(37)38-17-8-9-19-39(38)45(40)29-10-3-11-30-45/h1-2,4-9,12-28H,3,10-11,29-30H2. The molecule has 9 rings (SSSR count). The molecular formula is C45H35N3. The summed E-state index contributed by atoms with van der Waals surface area (Å²) in [6, 6.07) is 54.0. The third-order valence-corrected chi connectivity index (χ3v) is 10.4. The lowest BCUT2D eigenvalue weighted by atomic mass is 9.68. The lowest BCUT2D eigenvalue weighted by Crippen LogP contribution is -2.27. The van der Waals surface area contributed by atoms with E-state index < -0.39 is 0 Å². The fourth-order valence-electron chi connectivity index (χ4n) is 8.03. The molecule has 0 N–H and O–H groups in total. The van der Waals surface area contributed by atoms with E-state index in [9.17, 15) is 0 Å². The van der Waals surface area contributed by atoms with Crippen molar-refractivity contribution in [2.45, 2.75) is 37.5 Å². The first-order valence-electron chi connectivity index (χ1n) is 17.1. The van der Waals surface area contributed by atoms with Crippen LogP contribution in [0.3, 0.4) is 0 Å². The molecule has 1 spiro atoms. The van der Waals surface area contributed by atoms with E-state index in [1.165, 1.54) is 71.0 Å². The second kappa shape index (κ2) is 11.8. The summed E-state index contributed by atoms with van der Waals surface area (Å²) in [5.74, 6) is 2.00. The Labute approximate surface area is 282 Å². The van der Waals surface area contributed by atoms with Gasteiger partial charge < -0.3 is 0 Å². The van der Waals surface area contributed by atoms with Crippen LogP contribution in [0.1, 0.15) is 43.2 Å². The van der Waals surface area contributed by atoms with E-state index in [-0.39, 0.29) is 5.41 Å². The average molecular weight is 618 g/mol. The molecule has 7 aromatic rings. The van der Waals surface area contributed by atoms with Gasteiger partial charge in [0.05, 0.1) is 0 Å². The molecule has 0 unspecified atom stereocenters. The van der Waals surface area contributed by atoms with E-state index in [0.717, 1.165) is 22.3 Å². The number of aromatic nitrogens is 3. The van der Waals surface area contributed by atoms with Crippen molar-refractivity contribution in [3.8, 4) is 67.5 Å². The van der Waals surface area contributed by atoms with Crippen LogP contribution in [0, 0.1) is 0 Å². The number of rotatable bonds is 5. The quantitative estimate of drug-likeness (QED) is 0.193. The predicted molar refractivity (Wildman–Crippen MR) is 196 cm³/mol. The zero-order valence-corrected chi connectivity index (χ0v) is 26.8. The lowest BCUT2D eigenvalue weighted by molar-refractivity contribution is 0.353. The molecule has 1 aromatic heterocycles. The Kier molecular flexibility index (Phi) is 7.04. The number of fused-ring (bicyclic) bond motifs is 5. The Balaban J connectivity index is 1.11. The highest BCUT2D eigenvalue weighted by atomic mass is 15.0. The Hall–Kier alpha value is -5.67. The molecule has 0 radical (unpaired) electrons. The van der Waals surface area contributed by atoms with Crippen molar-refractivity contribution in [3.63, 3.8) is 0 Å². The van der Waals surface area contributed by atoms with Gasteiger partial charge >= 0.3 is 0 Å². The summed E-state index contributed by atoms with van der Waals surface area (Å²) in [5.41, 5.74) is 13.8. The van der Waals surface area contributed by atoms with Gasteiger partial charge in [0.25, 0.3) is 0 Å². The summed E-state index contributed by atoms with van der Waals surface area (Å²) in [4.78, 5) is 15.0. The fourth-order valence-corrected chi connectivity index (χ4v) is 8.03. The molecule has 0 saturated heterocycles. The van der Waals surface area contributed by atoms with Crippen LogP contribution in [-0.2, 0) is 5.41 Å². The van der Waals surface area contributed by atoms with E-state index in [1.807, 2.05) is 24.3 Å². The first kappa shape index (κ1) is 28.5. The summed E-state index contributed by atoms with van der Waals surface area (Å²) in [7, 11) is 0. The Bertz CT molecular complexity index is 2230. The van der Waals surface area contributed by atoms with Gasteiger partial charge in [0, 0.05) is 22.1 Å². The minimum absolute atomic E-state index is 0.147. The maximum atomic E-state index is 5.03. The van der Waals surface area contributed by atoms with E-state index in [1.54, 1.807) is 0 Å². The molecule has 1 saturated carbocycles. The largest absolute Gasteiger partial charge is 0.208 e. The minimum Gasteiger partial charge on any atom is -0.208 e. The summed E-state index contributed by atoms with van der Waals surface area (Å²) < 4.78 is 0. The van der Waals surface area contributed by atoms with Crippen LogP contribution < -0.4 is 0 Å². The van der Waals surface area contributed by atoms with E-state index in [2.05, 4.69) is 127 Å². The number of hydrogen-bond acceptors (Lipinski definition) is 3. The highest BCUT2D eigenvalue weighted by Crippen LogP contribution is 2.57. The SMILES string of the molecule is c1ccc(-c2ccc(-c3nc(-c4ccccc4)nc(-c4ccc(-c5cccc6c5-c5ccccc5C65CCCCC5)cc4)n3)cc2)cc1. The van der Waals surface area contributed by atoms with Gasteiger partial charge in [0.15, 0.2) is 17.5 Å². The van der Waals surface area contributed by atoms with Crippen molar-refractivity contribution in [2.75, 3.05) is 0 Å². The molecule has 2 aliphatic rings. The van der Waals surface area contributed by atoms with Crippen LogP contribution in [0.4, 0.5) is 0 Å². The van der Waals surface area contributed by atoms with Crippen LogP contribution >= 0.6 is 0 Å². The van der Waals surface area contributed by atoms with Gasteiger partial charge in [-0.3, -0.25) is 0 Å².